The van der Waals surface area contributed by atoms with Gasteiger partial charge < -0.3 is 19.5 Å². The topological polar surface area (TPSA) is 103 Å². The van der Waals surface area contributed by atoms with Crippen LogP contribution in [0.5, 0.6) is 17.2 Å². The zero-order chi connectivity index (χ0) is 25.6. The zero-order valence-electron chi connectivity index (χ0n) is 20.4. The van der Waals surface area contributed by atoms with Crippen LogP contribution < -0.4 is 24.2 Å². The van der Waals surface area contributed by atoms with Crippen molar-refractivity contribution in [1.29, 1.82) is 0 Å². The predicted molar refractivity (Wildman–Crippen MR) is 135 cm³/mol. The van der Waals surface area contributed by atoms with Crippen LogP contribution in [0.15, 0.2) is 65.6 Å². The van der Waals surface area contributed by atoms with Crippen molar-refractivity contribution in [3.8, 4) is 17.2 Å². The van der Waals surface area contributed by atoms with Crippen LogP contribution in [0, 0.1) is 13.8 Å². The summed E-state index contributed by atoms with van der Waals surface area (Å²) in [4.78, 5) is 12.5. The summed E-state index contributed by atoms with van der Waals surface area (Å²) in [6, 6.07) is 16.6. The number of methoxy groups -OCH3 is 2. The van der Waals surface area contributed by atoms with Gasteiger partial charge in [0, 0.05) is 0 Å². The fraction of sp³-hybridized carbons (Fsp3) is 0.269. The van der Waals surface area contributed by atoms with Gasteiger partial charge in [0.1, 0.15) is 5.75 Å². The molecule has 1 atom stereocenters. The summed E-state index contributed by atoms with van der Waals surface area (Å²) in [6.07, 6.45) is 0. The molecule has 0 aliphatic heterocycles. The normalized spacial score (nSPS) is 11.9. The molecular weight excluding hydrogens is 468 g/mol. The van der Waals surface area contributed by atoms with Crippen LogP contribution in [0.1, 0.15) is 29.7 Å². The lowest BCUT2D eigenvalue weighted by atomic mass is 10.1. The average Bonchev–Trinajstić information content (AvgIpc) is 2.84. The molecule has 3 aromatic carbocycles. The van der Waals surface area contributed by atoms with Gasteiger partial charge in [0.15, 0.2) is 18.1 Å². The first-order valence-electron chi connectivity index (χ1n) is 11.0. The summed E-state index contributed by atoms with van der Waals surface area (Å²) >= 11 is 0. The highest BCUT2D eigenvalue weighted by molar-refractivity contribution is 7.92. The van der Waals surface area contributed by atoms with Crippen molar-refractivity contribution in [3.63, 3.8) is 0 Å². The van der Waals surface area contributed by atoms with Crippen LogP contribution in [-0.2, 0) is 14.8 Å². The van der Waals surface area contributed by atoms with E-state index in [-0.39, 0.29) is 23.5 Å². The van der Waals surface area contributed by atoms with E-state index < -0.39 is 10.0 Å². The van der Waals surface area contributed by atoms with Gasteiger partial charge in [-0.05, 0) is 79.9 Å². The van der Waals surface area contributed by atoms with Crippen molar-refractivity contribution in [1.82, 2.24) is 5.32 Å². The number of nitrogens with one attached hydrogen (secondary N) is 2. The Kier molecular flexibility index (Phi) is 8.24. The third kappa shape index (κ3) is 6.66. The number of carbonyl (C=O) groups excluding carboxylic acids is 1. The number of sulfonamides is 1. The number of aryl methyl sites for hydroxylation is 2. The van der Waals surface area contributed by atoms with Crippen molar-refractivity contribution >= 4 is 21.6 Å². The molecule has 0 aliphatic rings. The molecule has 3 rings (SSSR count). The maximum Gasteiger partial charge on any atom is 0.261 e. The number of carbonyl (C=O) groups is 1. The van der Waals surface area contributed by atoms with E-state index in [1.54, 1.807) is 32.4 Å². The first-order chi connectivity index (χ1) is 16.6. The van der Waals surface area contributed by atoms with Crippen molar-refractivity contribution in [2.24, 2.45) is 0 Å². The average molecular weight is 499 g/mol. The van der Waals surface area contributed by atoms with E-state index in [4.69, 9.17) is 14.2 Å². The Balaban J connectivity index is 1.58. The van der Waals surface area contributed by atoms with Gasteiger partial charge in [0.2, 0.25) is 0 Å². The van der Waals surface area contributed by atoms with E-state index >= 15 is 0 Å². The quantitative estimate of drug-likeness (QED) is 0.430. The Morgan fingerprint density at radius 1 is 0.914 bits per heavy atom. The summed E-state index contributed by atoms with van der Waals surface area (Å²) in [6.45, 7) is 5.37. The van der Waals surface area contributed by atoms with Crippen LogP contribution in [0.3, 0.4) is 0 Å². The molecule has 0 unspecified atom stereocenters. The third-order valence-electron chi connectivity index (χ3n) is 5.43. The molecule has 1 amide bonds. The Morgan fingerprint density at radius 3 is 2.26 bits per heavy atom. The number of amides is 1. The molecule has 8 nitrogen and oxygen atoms in total. The molecule has 3 aromatic rings. The molecule has 9 heteroatoms. The lowest BCUT2D eigenvalue weighted by molar-refractivity contribution is -0.123. The summed E-state index contributed by atoms with van der Waals surface area (Å²) < 4.78 is 44.2. The molecule has 0 heterocycles. The second kappa shape index (κ2) is 11.1. The van der Waals surface area contributed by atoms with Gasteiger partial charge in [0.05, 0.1) is 30.8 Å². The van der Waals surface area contributed by atoms with E-state index in [0.717, 1.165) is 16.7 Å². The number of hydrogen-bond acceptors (Lipinski definition) is 6. The molecule has 0 radical (unpaired) electrons. The van der Waals surface area contributed by atoms with Crippen molar-refractivity contribution < 1.29 is 27.4 Å². The summed E-state index contributed by atoms with van der Waals surface area (Å²) in [5.74, 6) is 1.24. The van der Waals surface area contributed by atoms with Gasteiger partial charge in [-0.25, -0.2) is 8.42 Å². The number of rotatable bonds is 10. The molecule has 0 saturated heterocycles. The highest BCUT2D eigenvalue weighted by Crippen LogP contribution is 2.30. The minimum Gasteiger partial charge on any atom is -0.493 e. The second-order valence-corrected chi connectivity index (χ2v) is 9.77. The Labute approximate surface area is 206 Å². The first kappa shape index (κ1) is 25.9. The van der Waals surface area contributed by atoms with Gasteiger partial charge in [0.25, 0.3) is 15.9 Å². The van der Waals surface area contributed by atoms with E-state index in [1.165, 1.54) is 24.3 Å². The summed E-state index contributed by atoms with van der Waals surface area (Å²) in [5.41, 5.74) is 3.16. The van der Waals surface area contributed by atoms with E-state index in [1.807, 2.05) is 39.0 Å². The smallest absolute Gasteiger partial charge is 0.261 e. The largest absolute Gasteiger partial charge is 0.493 e. The predicted octanol–water partition coefficient (Wildman–Crippen LogP) is 4.38. The van der Waals surface area contributed by atoms with E-state index in [0.29, 0.717) is 22.9 Å². The number of benzene rings is 3. The second-order valence-electron chi connectivity index (χ2n) is 8.09. The first-order valence-corrected chi connectivity index (χ1v) is 12.5. The van der Waals surface area contributed by atoms with Crippen LogP contribution in [0.25, 0.3) is 0 Å². The minimum absolute atomic E-state index is 0.0947. The standard InChI is InChI=1S/C26H30N2O6S/c1-17-6-7-18(2)23(14-17)28-35(30,31)22-11-9-21(10-12-22)34-16-26(29)27-19(3)20-8-13-24(32-4)25(15-20)33-5/h6-15,19,28H,16H2,1-5H3,(H,27,29)/t19-/m0/s1. The highest BCUT2D eigenvalue weighted by Gasteiger charge is 2.16. The van der Waals surface area contributed by atoms with Crippen molar-refractivity contribution in [2.45, 2.75) is 31.7 Å². The maximum atomic E-state index is 12.8. The van der Waals surface area contributed by atoms with Crippen LogP contribution in [-0.4, -0.2) is 35.2 Å². The number of anilines is 1. The number of ether oxygens (including phenoxy) is 3. The molecule has 186 valence electrons. The van der Waals surface area contributed by atoms with Gasteiger partial charge in [-0.3, -0.25) is 9.52 Å². The van der Waals surface area contributed by atoms with Crippen LogP contribution in [0.2, 0.25) is 0 Å². The van der Waals surface area contributed by atoms with Crippen LogP contribution >= 0.6 is 0 Å². The fourth-order valence-electron chi connectivity index (χ4n) is 3.40. The Morgan fingerprint density at radius 2 is 1.60 bits per heavy atom. The summed E-state index contributed by atoms with van der Waals surface area (Å²) in [7, 11) is -0.652. The van der Waals surface area contributed by atoms with E-state index in [9.17, 15) is 13.2 Å². The molecule has 35 heavy (non-hydrogen) atoms. The van der Waals surface area contributed by atoms with E-state index in [2.05, 4.69) is 10.0 Å². The number of hydrogen-bond donors (Lipinski definition) is 2. The van der Waals surface area contributed by atoms with Gasteiger partial charge in [-0.2, -0.15) is 0 Å². The van der Waals surface area contributed by atoms with Gasteiger partial charge >= 0.3 is 0 Å². The van der Waals surface area contributed by atoms with Gasteiger partial charge in [-0.15, -0.1) is 0 Å². The van der Waals surface area contributed by atoms with Gasteiger partial charge in [-0.1, -0.05) is 18.2 Å². The third-order valence-corrected chi connectivity index (χ3v) is 6.81. The van der Waals surface area contributed by atoms with Crippen molar-refractivity contribution in [3.05, 3.63) is 77.4 Å². The molecule has 0 aromatic heterocycles. The minimum atomic E-state index is -3.76. The highest BCUT2D eigenvalue weighted by atomic mass is 32.2. The molecule has 0 spiro atoms. The molecule has 0 bridgehead atoms. The fourth-order valence-corrected chi connectivity index (χ4v) is 4.52. The molecule has 0 fully saturated rings. The molecule has 2 N–H and O–H groups in total. The SMILES string of the molecule is COc1ccc([C@H](C)NC(=O)COc2ccc(S(=O)(=O)Nc3cc(C)ccc3C)cc2)cc1OC. The maximum absolute atomic E-state index is 12.8. The Bertz CT molecular complexity index is 1290. The van der Waals surface area contributed by atoms with Crippen LogP contribution in [0.4, 0.5) is 5.69 Å². The molecule has 0 saturated carbocycles. The lowest BCUT2D eigenvalue weighted by Crippen LogP contribution is -2.31. The summed E-state index contributed by atoms with van der Waals surface area (Å²) in [5, 5.41) is 2.86. The zero-order valence-corrected chi connectivity index (χ0v) is 21.2. The van der Waals surface area contributed by atoms with Crippen molar-refractivity contribution in [2.75, 3.05) is 25.5 Å². The lowest BCUT2D eigenvalue weighted by Gasteiger charge is -2.17. The molecule has 0 aliphatic carbocycles. The monoisotopic (exact) mass is 498 g/mol. The Hall–Kier alpha value is -3.72. The molecular formula is C26H30N2O6S.